The summed E-state index contributed by atoms with van der Waals surface area (Å²) in [6.45, 7) is 8.28. The van der Waals surface area contributed by atoms with Crippen molar-refractivity contribution in [2.75, 3.05) is 44.2 Å². The summed E-state index contributed by atoms with van der Waals surface area (Å²) < 4.78 is 47.9. The first-order chi connectivity index (χ1) is 27.3. The number of piperazine rings is 1. The lowest BCUT2D eigenvalue weighted by molar-refractivity contribution is -0.136. The lowest BCUT2D eigenvalue weighted by Gasteiger charge is -2.43. The first kappa shape index (κ1) is 37.0. The van der Waals surface area contributed by atoms with E-state index in [1.54, 1.807) is 0 Å². The van der Waals surface area contributed by atoms with Crippen molar-refractivity contribution in [1.82, 2.24) is 30.0 Å². The number of carbonyl (C=O) groups is 3. The van der Waals surface area contributed by atoms with Gasteiger partial charge in [0.05, 0.1) is 12.6 Å². The number of fused-ring (bicyclic) bond motifs is 6. The Labute approximate surface area is 328 Å². The molecule has 0 bridgehead atoms. The van der Waals surface area contributed by atoms with Crippen molar-refractivity contribution in [3.63, 3.8) is 0 Å². The van der Waals surface area contributed by atoms with Gasteiger partial charge in [0, 0.05) is 102 Å². The van der Waals surface area contributed by atoms with Crippen LogP contribution in [0.5, 0.6) is 0 Å². The summed E-state index contributed by atoms with van der Waals surface area (Å²) in [5.74, 6) is 4.17. The Hall–Kier alpha value is -5.58. The Morgan fingerprint density at radius 2 is 1.63 bits per heavy atom. The summed E-state index contributed by atoms with van der Waals surface area (Å²) in [5, 5.41) is 4.25. The number of alkyl halides is 1. The van der Waals surface area contributed by atoms with Crippen molar-refractivity contribution in [2.45, 2.75) is 70.4 Å². The van der Waals surface area contributed by atoms with Crippen LogP contribution in [0.2, 0.25) is 0 Å². The number of para-hydroxylation sites is 1. The van der Waals surface area contributed by atoms with Gasteiger partial charge in [-0.15, -0.1) is 0 Å². The highest BCUT2D eigenvalue weighted by atomic mass is 19.1. The molecule has 1 unspecified atom stereocenters. The second-order valence-electron chi connectivity index (χ2n) is 16.4. The molecule has 5 aromatic rings. The van der Waals surface area contributed by atoms with E-state index in [4.69, 9.17) is 0 Å². The van der Waals surface area contributed by atoms with Crippen LogP contribution in [0.25, 0.3) is 21.8 Å². The number of halogens is 3. The average molecular weight is 776 g/mol. The average Bonchev–Trinajstić information content (AvgIpc) is 3.82. The fourth-order valence-electron chi connectivity index (χ4n) is 9.23. The van der Waals surface area contributed by atoms with E-state index in [9.17, 15) is 14.4 Å². The third-order valence-corrected chi connectivity index (χ3v) is 12.0. The standard InChI is InChI=1S/C44H44F3N7O3/c1-25-19-30-28-8-4-5-9-34(28)48-39(30)41(54(25)24-44(2,3)47)38-32(45)21-27(22-33(38)46)52-17-15-51(16-18-52)14-6-7-26-10-11-29-31-23-53(36-12-13-37(55)50-42(36)56)43(57)40(31)49-35(29)20-26/h4-5,8-11,20-22,25,36,41,48-49H,12-19,23-24H2,1-3H3,(H,50,55,56)/t25-,36?,41-/m1/s1. The number of nitrogens with one attached hydrogen (secondary N) is 3. The van der Waals surface area contributed by atoms with Crippen LogP contribution in [0.4, 0.5) is 18.9 Å². The molecule has 0 saturated carbocycles. The molecule has 2 fully saturated rings. The van der Waals surface area contributed by atoms with Crippen LogP contribution in [0.3, 0.4) is 0 Å². The number of hydrogen-bond donors (Lipinski definition) is 3. The molecule has 4 aliphatic rings. The Kier molecular flexibility index (Phi) is 9.16. The minimum absolute atomic E-state index is 0.0234. The summed E-state index contributed by atoms with van der Waals surface area (Å²) >= 11 is 0. The van der Waals surface area contributed by atoms with E-state index in [-0.39, 0.29) is 36.4 Å². The van der Waals surface area contributed by atoms with Crippen LogP contribution in [0, 0.1) is 23.5 Å². The molecule has 0 radical (unpaired) electrons. The quantitative estimate of drug-likeness (QED) is 0.146. The number of aromatic amines is 2. The molecule has 3 N–H and O–H groups in total. The van der Waals surface area contributed by atoms with Crippen LogP contribution < -0.4 is 10.2 Å². The van der Waals surface area contributed by atoms with Crippen molar-refractivity contribution in [3.05, 3.63) is 99.9 Å². The van der Waals surface area contributed by atoms with Crippen molar-refractivity contribution in [1.29, 1.82) is 0 Å². The molecular formula is C44H44F3N7O3. The largest absolute Gasteiger partial charge is 0.369 e. The molecule has 2 aromatic heterocycles. The van der Waals surface area contributed by atoms with Gasteiger partial charge in [0.15, 0.2) is 0 Å². The SMILES string of the molecule is C[C@@H]1Cc2c([nH]c3ccccc23)[C@@H](c2c(F)cc(N3CCN(CC#Cc4ccc5c6c([nH]c5c4)C(=O)N(C4CCC(=O)NC4=O)C6)CC3)cc2F)N1CC(C)(C)F. The maximum absolute atomic E-state index is 16.3. The Morgan fingerprint density at radius 1 is 0.895 bits per heavy atom. The van der Waals surface area contributed by atoms with Gasteiger partial charge in [0.2, 0.25) is 11.8 Å². The highest BCUT2D eigenvalue weighted by molar-refractivity contribution is 6.08. The number of piperidine rings is 1. The van der Waals surface area contributed by atoms with Crippen LogP contribution >= 0.6 is 0 Å². The number of anilines is 1. The highest BCUT2D eigenvalue weighted by Crippen LogP contribution is 2.44. The van der Waals surface area contributed by atoms with Gasteiger partial charge in [0.25, 0.3) is 5.91 Å². The number of amides is 3. The lowest BCUT2D eigenvalue weighted by Crippen LogP contribution is -2.52. The first-order valence-electron chi connectivity index (χ1n) is 19.6. The zero-order chi connectivity index (χ0) is 39.7. The van der Waals surface area contributed by atoms with Crippen LogP contribution in [0.1, 0.15) is 78.1 Å². The van der Waals surface area contributed by atoms with Gasteiger partial charge in [-0.25, -0.2) is 13.2 Å². The molecule has 4 aliphatic heterocycles. The summed E-state index contributed by atoms with van der Waals surface area (Å²) in [5.41, 5.74) is 4.33. The Morgan fingerprint density at radius 3 is 2.37 bits per heavy atom. The molecule has 0 spiro atoms. The molecule has 294 valence electrons. The number of imide groups is 1. The smallest absolute Gasteiger partial charge is 0.271 e. The molecule has 10 nitrogen and oxygen atoms in total. The predicted molar refractivity (Wildman–Crippen MR) is 211 cm³/mol. The van der Waals surface area contributed by atoms with Gasteiger partial charge in [-0.2, -0.15) is 0 Å². The second kappa shape index (κ2) is 14.1. The topological polar surface area (TPSA) is 108 Å². The highest BCUT2D eigenvalue weighted by Gasteiger charge is 2.42. The second-order valence-corrected chi connectivity index (χ2v) is 16.4. The third-order valence-electron chi connectivity index (χ3n) is 12.0. The number of nitrogens with zero attached hydrogens (tertiary/aromatic N) is 4. The summed E-state index contributed by atoms with van der Waals surface area (Å²) in [6, 6.07) is 14.8. The molecule has 3 atom stereocenters. The van der Waals surface area contributed by atoms with Crippen LogP contribution in [-0.4, -0.2) is 99.4 Å². The van der Waals surface area contributed by atoms with Crippen LogP contribution in [0.15, 0.2) is 54.6 Å². The summed E-state index contributed by atoms with van der Waals surface area (Å²) in [4.78, 5) is 51.5. The van der Waals surface area contributed by atoms with Crippen molar-refractivity contribution in [3.8, 4) is 11.8 Å². The Bertz CT molecular complexity index is 2500. The number of benzene rings is 3. The number of hydrogen-bond acceptors (Lipinski definition) is 6. The number of rotatable bonds is 6. The maximum Gasteiger partial charge on any atom is 0.271 e. The Balaban J connectivity index is 0.867. The normalized spacial score (nSPS) is 21.9. The monoisotopic (exact) mass is 775 g/mol. The van der Waals surface area contributed by atoms with Gasteiger partial charge >= 0.3 is 0 Å². The lowest BCUT2D eigenvalue weighted by atomic mass is 9.87. The maximum atomic E-state index is 16.3. The van der Waals surface area contributed by atoms with Gasteiger partial charge < -0.3 is 19.8 Å². The molecule has 3 amide bonds. The summed E-state index contributed by atoms with van der Waals surface area (Å²) in [6.07, 6.45) is 1.16. The molecule has 9 rings (SSSR count). The van der Waals surface area contributed by atoms with E-state index >= 15 is 13.2 Å². The van der Waals surface area contributed by atoms with Gasteiger partial charge in [-0.3, -0.25) is 29.5 Å². The molecule has 6 heterocycles. The van der Waals surface area contributed by atoms with Crippen molar-refractivity contribution >= 4 is 45.2 Å². The van der Waals surface area contributed by atoms with E-state index in [1.165, 1.54) is 30.9 Å². The molecule has 2 saturated heterocycles. The zero-order valence-electron chi connectivity index (χ0n) is 32.1. The third kappa shape index (κ3) is 6.74. The van der Waals surface area contributed by atoms with Crippen molar-refractivity contribution < 1.29 is 27.6 Å². The van der Waals surface area contributed by atoms with E-state index in [1.807, 2.05) is 59.2 Å². The van der Waals surface area contributed by atoms with E-state index < -0.39 is 35.3 Å². The van der Waals surface area contributed by atoms with E-state index in [0.717, 1.165) is 38.5 Å². The van der Waals surface area contributed by atoms with Gasteiger partial charge in [-0.1, -0.05) is 36.1 Å². The minimum atomic E-state index is -1.57. The molecule has 3 aromatic carbocycles. The molecule has 13 heteroatoms. The zero-order valence-corrected chi connectivity index (χ0v) is 32.1. The van der Waals surface area contributed by atoms with Crippen LogP contribution in [-0.2, 0) is 22.6 Å². The summed E-state index contributed by atoms with van der Waals surface area (Å²) in [7, 11) is 0. The first-order valence-corrected chi connectivity index (χ1v) is 19.6. The predicted octanol–water partition coefficient (Wildman–Crippen LogP) is 5.95. The van der Waals surface area contributed by atoms with Gasteiger partial charge in [-0.05, 0) is 69.5 Å². The fraction of sp³-hybridized carbons (Fsp3) is 0.386. The minimum Gasteiger partial charge on any atom is -0.369 e. The fourth-order valence-corrected chi connectivity index (χ4v) is 9.23. The van der Waals surface area contributed by atoms with E-state index in [0.29, 0.717) is 69.2 Å². The molecular weight excluding hydrogens is 732 g/mol. The number of aromatic nitrogens is 2. The number of carbonyl (C=O) groups excluding carboxylic acids is 3. The molecule has 57 heavy (non-hydrogen) atoms. The molecule has 0 aliphatic carbocycles. The number of H-pyrrole nitrogens is 2. The van der Waals surface area contributed by atoms with E-state index in [2.05, 4.69) is 32.0 Å². The van der Waals surface area contributed by atoms with Crippen molar-refractivity contribution in [2.24, 2.45) is 0 Å². The van der Waals surface area contributed by atoms with Gasteiger partial charge in [0.1, 0.15) is 29.0 Å².